The summed E-state index contributed by atoms with van der Waals surface area (Å²) in [4.78, 5) is 16.4. The van der Waals surface area contributed by atoms with Crippen molar-refractivity contribution >= 4 is 34.5 Å². The van der Waals surface area contributed by atoms with Crippen molar-refractivity contribution in [3.05, 3.63) is 58.3 Å². The zero-order valence-electron chi connectivity index (χ0n) is 11.6. The van der Waals surface area contributed by atoms with Gasteiger partial charge in [0.1, 0.15) is 0 Å². The van der Waals surface area contributed by atoms with Crippen molar-refractivity contribution < 1.29 is 4.79 Å². The molecule has 0 atom stereocenters. The maximum Gasteiger partial charge on any atom is 0.273 e. The Morgan fingerprint density at radius 3 is 2.91 bits per heavy atom. The number of hydrazine groups is 1. The van der Waals surface area contributed by atoms with Crippen molar-refractivity contribution in [3.63, 3.8) is 0 Å². The van der Waals surface area contributed by atoms with Crippen LogP contribution in [-0.4, -0.2) is 20.7 Å². The van der Waals surface area contributed by atoms with Gasteiger partial charge in [-0.05, 0) is 19.1 Å². The summed E-state index contributed by atoms with van der Waals surface area (Å²) in [6.45, 7) is 1.77. The molecule has 22 heavy (non-hydrogen) atoms. The largest absolute Gasteiger partial charge is 0.297 e. The molecule has 2 heterocycles. The number of amides is 1. The fourth-order valence-electron chi connectivity index (χ4n) is 1.86. The van der Waals surface area contributed by atoms with Gasteiger partial charge in [0, 0.05) is 17.8 Å². The number of anilines is 1. The van der Waals surface area contributed by atoms with Crippen molar-refractivity contribution in [3.8, 4) is 5.13 Å². The van der Waals surface area contributed by atoms with Crippen LogP contribution in [0.1, 0.15) is 16.1 Å². The number of aryl methyl sites for hydroxylation is 1. The number of aromatic nitrogens is 3. The lowest BCUT2D eigenvalue weighted by molar-refractivity contribution is 0.0962. The molecule has 3 rings (SSSR count). The Morgan fingerprint density at radius 2 is 2.18 bits per heavy atom. The first-order valence-electron chi connectivity index (χ1n) is 6.42. The monoisotopic (exact) mass is 333 g/mol. The second kappa shape index (κ2) is 6.17. The lowest BCUT2D eigenvalue weighted by Crippen LogP contribution is -2.29. The highest BCUT2D eigenvalue weighted by molar-refractivity contribution is 7.12. The van der Waals surface area contributed by atoms with Crippen molar-refractivity contribution in [1.29, 1.82) is 0 Å². The molecule has 1 aromatic carbocycles. The van der Waals surface area contributed by atoms with Crippen LogP contribution in [0, 0.1) is 6.92 Å². The molecule has 112 valence electrons. The molecule has 0 bridgehead atoms. The minimum atomic E-state index is -0.291. The molecular weight excluding hydrogens is 322 g/mol. The Kier molecular flexibility index (Phi) is 4.08. The van der Waals surface area contributed by atoms with E-state index in [-0.39, 0.29) is 5.91 Å². The number of rotatable bonds is 4. The summed E-state index contributed by atoms with van der Waals surface area (Å²) in [6, 6.07) is 7.15. The molecule has 2 N–H and O–H groups in total. The smallest absolute Gasteiger partial charge is 0.273 e. The molecule has 0 aliphatic heterocycles. The van der Waals surface area contributed by atoms with E-state index in [4.69, 9.17) is 11.6 Å². The molecular formula is C14H12ClN5OS. The topological polar surface area (TPSA) is 71.8 Å². The second-order valence-corrected chi connectivity index (χ2v) is 5.73. The molecule has 2 aromatic heterocycles. The average molecular weight is 334 g/mol. The lowest BCUT2D eigenvalue weighted by Gasteiger charge is -2.09. The van der Waals surface area contributed by atoms with Crippen LogP contribution in [0.5, 0.6) is 0 Å². The molecule has 0 aliphatic carbocycles. The molecule has 0 saturated carbocycles. The van der Waals surface area contributed by atoms with Crippen LogP contribution < -0.4 is 10.9 Å². The molecule has 3 aromatic rings. The van der Waals surface area contributed by atoms with Crippen LogP contribution in [0.25, 0.3) is 5.13 Å². The zero-order chi connectivity index (χ0) is 15.5. The van der Waals surface area contributed by atoms with Gasteiger partial charge in [0.05, 0.1) is 22.0 Å². The third-order valence-electron chi connectivity index (χ3n) is 2.94. The Morgan fingerprint density at radius 1 is 1.36 bits per heavy atom. The highest BCUT2D eigenvalue weighted by Crippen LogP contribution is 2.19. The van der Waals surface area contributed by atoms with Crippen LogP contribution in [0.4, 0.5) is 5.69 Å². The van der Waals surface area contributed by atoms with E-state index in [1.54, 1.807) is 36.1 Å². The van der Waals surface area contributed by atoms with Crippen molar-refractivity contribution in [2.75, 3.05) is 5.43 Å². The van der Waals surface area contributed by atoms with Crippen LogP contribution in [0.2, 0.25) is 5.02 Å². The van der Waals surface area contributed by atoms with E-state index in [2.05, 4.69) is 20.9 Å². The number of carbonyl (C=O) groups is 1. The van der Waals surface area contributed by atoms with Crippen LogP contribution >= 0.6 is 22.9 Å². The minimum absolute atomic E-state index is 0.291. The summed E-state index contributed by atoms with van der Waals surface area (Å²) in [7, 11) is 0. The molecule has 0 fully saturated rings. The lowest BCUT2D eigenvalue weighted by atomic mass is 10.2. The van der Waals surface area contributed by atoms with E-state index in [1.807, 2.05) is 17.5 Å². The summed E-state index contributed by atoms with van der Waals surface area (Å²) >= 11 is 7.47. The average Bonchev–Trinajstić information content (AvgIpc) is 3.15. The van der Waals surface area contributed by atoms with Gasteiger partial charge >= 0.3 is 0 Å². The summed E-state index contributed by atoms with van der Waals surface area (Å²) in [5.41, 5.74) is 7.13. The summed E-state index contributed by atoms with van der Waals surface area (Å²) in [5.74, 6) is -0.291. The zero-order valence-corrected chi connectivity index (χ0v) is 13.1. The first-order chi connectivity index (χ1) is 10.6. The van der Waals surface area contributed by atoms with E-state index < -0.39 is 0 Å². The van der Waals surface area contributed by atoms with E-state index in [0.29, 0.717) is 27.1 Å². The number of halogens is 1. The van der Waals surface area contributed by atoms with Gasteiger partial charge in [-0.3, -0.25) is 15.6 Å². The Labute approximate surface area is 135 Å². The number of para-hydroxylation sites is 1. The molecule has 1 amide bonds. The number of hydrogen-bond acceptors (Lipinski definition) is 5. The maximum absolute atomic E-state index is 12.2. The summed E-state index contributed by atoms with van der Waals surface area (Å²) in [5, 5.41) is 7.38. The van der Waals surface area contributed by atoms with Crippen molar-refractivity contribution in [2.24, 2.45) is 0 Å². The molecule has 6 nitrogen and oxygen atoms in total. The van der Waals surface area contributed by atoms with Gasteiger partial charge in [0.15, 0.2) is 0 Å². The van der Waals surface area contributed by atoms with Gasteiger partial charge in [-0.25, -0.2) is 9.67 Å². The number of thiazole rings is 1. The fourth-order valence-corrected chi connectivity index (χ4v) is 2.61. The highest BCUT2D eigenvalue weighted by atomic mass is 35.5. The predicted molar refractivity (Wildman–Crippen MR) is 86.5 cm³/mol. The molecule has 8 heteroatoms. The third kappa shape index (κ3) is 2.95. The Hall–Kier alpha value is -2.38. The second-order valence-electron chi connectivity index (χ2n) is 4.45. The van der Waals surface area contributed by atoms with Crippen LogP contribution in [0.15, 0.2) is 42.0 Å². The quantitative estimate of drug-likeness (QED) is 0.720. The highest BCUT2D eigenvalue weighted by Gasteiger charge is 2.15. The standard InChI is InChI=1S/C14H12ClN5OS/c1-9-10(8-20(19-9)14-16-6-7-22-14)13(21)18-17-12-5-3-2-4-11(12)15/h2-8,17H,1H3,(H,18,21). The van der Waals surface area contributed by atoms with Crippen molar-refractivity contribution in [2.45, 2.75) is 6.92 Å². The number of carbonyl (C=O) groups excluding carboxylic acids is 1. The molecule has 0 radical (unpaired) electrons. The summed E-state index contributed by atoms with van der Waals surface area (Å²) < 4.78 is 1.59. The third-order valence-corrected chi connectivity index (χ3v) is 4.03. The predicted octanol–water partition coefficient (Wildman–Crippen LogP) is 3.05. The molecule has 0 saturated heterocycles. The van der Waals surface area contributed by atoms with Crippen LogP contribution in [-0.2, 0) is 0 Å². The van der Waals surface area contributed by atoms with E-state index in [0.717, 1.165) is 0 Å². The molecule has 0 aliphatic rings. The van der Waals surface area contributed by atoms with Gasteiger partial charge in [-0.2, -0.15) is 5.10 Å². The molecule has 0 spiro atoms. The number of benzene rings is 1. The SMILES string of the molecule is Cc1nn(-c2nccs2)cc1C(=O)NNc1ccccc1Cl. The van der Waals surface area contributed by atoms with Gasteiger partial charge < -0.3 is 0 Å². The number of hydrogen-bond donors (Lipinski definition) is 2. The van der Waals surface area contributed by atoms with Crippen molar-refractivity contribution in [1.82, 2.24) is 20.2 Å². The van der Waals surface area contributed by atoms with Gasteiger partial charge in [-0.15, -0.1) is 11.3 Å². The Bertz CT molecular complexity index is 799. The summed E-state index contributed by atoms with van der Waals surface area (Å²) in [6.07, 6.45) is 3.34. The fraction of sp³-hybridized carbons (Fsp3) is 0.0714. The van der Waals surface area contributed by atoms with Gasteiger partial charge in [0.2, 0.25) is 5.13 Å². The first kappa shape index (κ1) is 14.6. The molecule has 0 unspecified atom stereocenters. The Balaban J connectivity index is 1.74. The van der Waals surface area contributed by atoms with Gasteiger partial charge in [-0.1, -0.05) is 23.7 Å². The normalized spacial score (nSPS) is 10.5. The van der Waals surface area contributed by atoms with E-state index >= 15 is 0 Å². The maximum atomic E-state index is 12.2. The number of nitrogens with one attached hydrogen (secondary N) is 2. The first-order valence-corrected chi connectivity index (χ1v) is 7.68. The van der Waals surface area contributed by atoms with E-state index in [9.17, 15) is 4.79 Å². The van der Waals surface area contributed by atoms with Gasteiger partial charge in [0.25, 0.3) is 5.91 Å². The van der Waals surface area contributed by atoms with Crippen LogP contribution in [0.3, 0.4) is 0 Å². The minimum Gasteiger partial charge on any atom is -0.297 e. The van der Waals surface area contributed by atoms with E-state index in [1.165, 1.54) is 11.3 Å². The number of nitrogens with zero attached hydrogens (tertiary/aromatic N) is 3.